The Bertz CT molecular complexity index is 1140. The molecule has 1 N–H and O–H groups in total. The highest BCUT2D eigenvalue weighted by Gasteiger charge is 2.18. The number of aryl methyl sites for hydroxylation is 1. The maximum atomic E-state index is 12.7. The van der Waals surface area contributed by atoms with E-state index < -0.39 is 0 Å². The van der Waals surface area contributed by atoms with Crippen LogP contribution in [0.5, 0.6) is 0 Å². The topological polar surface area (TPSA) is 60.3 Å². The standard InChI is InChI=1S/C24H27ClN2O3/c1-5-6-11-30-24(29)17-9-7-8-10-21(17)26-16(3)18-12-15(2)13-20-19(18)14-22(25)27(4)23(20)28/h7-10,12-14,16,26H,5-6,11H2,1-4H3. The second-order valence-corrected chi connectivity index (χ2v) is 7.93. The Labute approximate surface area is 181 Å². The van der Waals surface area contributed by atoms with E-state index in [1.54, 1.807) is 13.1 Å². The Morgan fingerprint density at radius 3 is 2.67 bits per heavy atom. The molecule has 0 saturated heterocycles. The first-order valence-corrected chi connectivity index (χ1v) is 10.5. The van der Waals surface area contributed by atoms with E-state index in [9.17, 15) is 9.59 Å². The molecular formula is C24H27ClN2O3. The predicted molar refractivity (Wildman–Crippen MR) is 123 cm³/mol. The number of hydrogen-bond donors (Lipinski definition) is 1. The van der Waals surface area contributed by atoms with Gasteiger partial charge in [0.2, 0.25) is 0 Å². The van der Waals surface area contributed by atoms with Crippen molar-refractivity contribution in [3.05, 3.63) is 74.7 Å². The lowest BCUT2D eigenvalue weighted by Crippen LogP contribution is -2.19. The van der Waals surface area contributed by atoms with Gasteiger partial charge in [0.15, 0.2) is 0 Å². The van der Waals surface area contributed by atoms with E-state index in [1.165, 1.54) is 4.57 Å². The molecule has 0 aliphatic heterocycles. The molecule has 158 valence electrons. The second kappa shape index (κ2) is 9.35. The van der Waals surface area contributed by atoms with Crippen LogP contribution >= 0.6 is 11.6 Å². The molecule has 2 aromatic carbocycles. The minimum Gasteiger partial charge on any atom is -0.462 e. The third kappa shape index (κ3) is 4.51. The number of halogens is 1. The number of aromatic nitrogens is 1. The summed E-state index contributed by atoms with van der Waals surface area (Å²) < 4.78 is 6.83. The Balaban J connectivity index is 1.98. The van der Waals surface area contributed by atoms with E-state index in [0.29, 0.717) is 28.4 Å². The molecule has 1 atom stereocenters. The molecule has 1 heterocycles. The molecule has 3 aromatic rings. The number of rotatable bonds is 7. The van der Waals surface area contributed by atoms with E-state index in [0.717, 1.165) is 29.4 Å². The van der Waals surface area contributed by atoms with Crippen molar-refractivity contribution in [3.63, 3.8) is 0 Å². The van der Waals surface area contributed by atoms with E-state index in [2.05, 4.69) is 12.2 Å². The van der Waals surface area contributed by atoms with Crippen molar-refractivity contribution in [2.45, 2.75) is 39.7 Å². The molecule has 30 heavy (non-hydrogen) atoms. The van der Waals surface area contributed by atoms with Gasteiger partial charge >= 0.3 is 5.97 Å². The van der Waals surface area contributed by atoms with Crippen LogP contribution in [0.15, 0.2) is 47.3 Å². The number of esters is 1. The number of carbonyl (C=O) groups is 1. The van der Waals surface area contributed by atoms with Crippen LogP contribution in [0.3, 0.4) is 0 Å². The van der Waals surface area contributed by atoms with Crippen molar-refractivity contribution in [1.82, 2.24) is 4.57 Å². The molecule has 1 unspecified atom stereocenters. The molecule has 0 radical (unpaired) electrons. The number of unbranched alkanes of at least 4 members (excludes halogenated alkanes) is 1. The van der Waals surface area contributed by atoms with Crippen molar-refractivity contribution in [2.24, 2.45) is 7.05 Å². The molecule has 5 nitrogen and oxygen atoms in total. The second-order valence-electron chi connectivity index (χ2n) is 7.55. The first kappa shape index (κ1) is 21.9. The zero-order valence-corrected chi connectivity index (χ0v) is 18.5. The van der Waals surface area contributed by atoms with Crippen LogP contribution in [0.1, 0.15) is 54.2 Å². The van der Waals surface area contributed by atoms with Gasteiger partial charge in [-0.05, 0) is 61.0 Å². The highest BCUT2D eigenvalue weighted by molar-refractivity contribution is 6.30. The van der Waals surface area contributed by atoms with Gasteiger partial charge in [0.1, 0.15) is 5.15 Å². The molecule has 0 aliphatic carbocycles. The van der Waals surface area contributed by atoms with Crippen LogP contribution in [0.2, 0.25) is 5.15 Å². The lowest BCUT2D eigenvalue weighted by molar-refractivity contribution is 0.0501. The summed E-state index contributed by atoms with van der Waals surface area (Å²) >= 11 is 6.28. The number of carbonyl (C=O) groups excluding carboxylic acids is 1. The average Bonchev–Trinajstić information content (AvgIpc) is 2.73. The number of benzene rings is 2. The molecule has 1 aromatic heterocycles. The number of fused-ring (bicyclic) bond motifs is 1. The van der Waals surface area contributed by atoms with Crippen molar-refractivity contribution in [1.29, 1.82) is 0 Å². The summed E-state index contributed by atoms with van der Waals surface area (Å²) in [4.78, 5) is 25.2. The van der Waals surface area contributed by atoms with Gasteiger partial charge in [0, 0.05) is 24.2 Å². The number of hydrogen-bond acceptors (Lipinski definition) is 4. The minimum absolute atomic E-state index is 0.130. The zero-order valence-electron chi connectivity index (χ0n) is 17.8. The van der Waals surface area contributed by atoms with Crippen LogP contribution in [-0.4, -0.2) is 17.1 Å². The van der Waals surface area contributed by atoms with Crippen molar-refractivity contribution in [3.8, 4) is 0 Å². The molecule has 6 heteroatoms. The quantitative estimate of drug-likeness (QED) is 0.302. The van der Waals surface area contributed by atoms with Crippen molar-refractivity contribution >= 4 is 34.0 Å². The molecule has 0 fully saturated rings. The molecular weight excluding hydrogens is 400 g/mol. The molecule has 0 saturated carbocycles. The summed E-state index contributed by atoms with van der Waals surface area (Å²) in [5, 5.41) is 5.22. The third-order valence-electron chi connectivity index (χ3n) is 5.19. The smallest absolute Gasteiger partial charge is 0.340 e. The fraction of sp³-hybridized carbons (Fsp3) is 0.333. The molecule has 0 spiro atoms. The third-order valence-corrected chi connectivity index (χ3v) is 5.55. The normalized spacial score (nSPS) is 12.0. The van der Waals surface area contributed by atoms with E-state index in [4.69, 9.17) is 16.3 Å². The maximum absolute atomic E-state index is 12.7. The number of anilines is 1. The highest BCUT2D eigenvalue weighted by Crippen LogP contribution is 2.30. The summed E-state index contributed by atoms with van der Waals surface area (Å²) in [5.74, 6) is -0.343. The Morgan fingerprint density at radius 1 is 1.20 bits per heavy atom. The summed E-state index contributed by atoms with van der Waals surface area (Å²) in [6, 6.07) is 12.9. The first-order valence-electron chi connectivity index (χ1n) is 10.2. The van der Waals surface area contributed by atoms with Crippen LogP contribution in [0.25, 0.3) is 10.8 Å². The fourth-order valence-corrected chi connectivity index (χ4v) is 3.69. The number of nitrogens with zero attached hydrogens (tertiary/aromatic N) is 1. The van der Waals surface area contributed by atoms with Crippen LogP contribution in [0.4, 0.5) is 5.69 Å². The van der Waals surface area contributed by atoms with Crippen molar-refractivity contribution in [2.75, 3.05) is 11.9 Å². The van der Waals surface area contributed by atoms with Gasteiger partial charge in [0.05, 0.1) is 12.2 Å². The van der Waals surface area contributed by atoms with E-state index in [1.807, 2.05) is 50.2 Å². The first-order chi connectivity index (χ1) is 14.3. The van der Waals surface area contributed by atoms with Gasteiger partial charge in [-0.3, -0.25) is 4.79 Å². The molecule has 0 amide bonds. The maximum Gasteiger partial charge on any atom is 0.340 e. The van der Waals surface area contributed by atoms with Gasteiger partial charge in [0.25, 0.3) is 5.56 Å². The predicted octanol–water partition coefficient (Wildman–Crippen LogP) is 5.63. The lowest BCUT2D eigenvalue weighted by Gasteiger charge is -2.21. The Hall–Kier alpha value is -2.79. The summed E-state index contributed by atoms with van der Waals surface area (Å²) in [6.45, 7) is 6.42. The Morgan fingerprint density at radius 2 is 1.93 bits per heavy atom. The zero-order chi connectivity index (χ0) is 21.8. The van der Waals surface area contributed by atoms with Crippen LogP contribution in [0, 0.1) is 6.92 Å². The lowest BCUT2D eigenvalue weighted by atomic mass is 9.97. The largest absolute Gasteiger partial charge is 0.462 e. The SMILES string of the molecule is CCCCOC(=O)c1ccccc1NC(C)c1cc(C)cc2c(=O)n(C)c(Cl)cc12. The average molecular weight is 427 g/mol. The Kier molecular flexibility index (Phi) is 6.83. The van der Waals surface area contributed by atoms with Gasteiger partial charge in [-0.1, -0.05) is 43.1 Å². The summed E-state index contributed by atoms with van der Waals surface area (Å²) in [5.41, 5.74) is 2.98. The summed E-state index contributed by atoms with van der Waals surface area (Å²) in [6.07, 6.45) is 1.80. The molecule has 3 rings (SSSR count). The number of ether oxygens (including phenoxy) is 1. The number of para-hydroxylation sites is 1. The number of pyridine rings is 1. The van der Waals surface area contributed by atoms with E-state index in [-0.39, 0.29) is 17.6 Å². The van der Waals surface area contributed by atoms with Gasteiger partial charge in [-0.25, -0.2) is 4.79 Å². The van der Waals surface area contributed by atoms with Crippen molar-refractivity contribution < 1.29 is 9.53 Å². The highest BCUT2D eigenvalue weighted by atomic mass is 35.5. The minimum atomic E-state index is -0.343. The molecule has 0 bridgehead atoms. The molecule has 0 aliphatic rings. The number of nitrogens with one attached hydrogen (secondary N) is 1. The van der Waals surface area contributed by atoms with Gasteiger partial charge < -0.3 is 14.6 Å². The monoisotopic (exact) mass is 426 g/mol. The summed E-state index contributed by atoms with van der Waals surface area (Å²) in [7, 11) is 1.66. The van der Waals surface area contributed by atoms with E-state index >= 15 is 0 Å². The van der Waals surface area contributed by atoms with Gasteiger partial charge in [-0.2, -0.15) is 0 Å². The fourth-order valence-electron chi connectivity index (χ4n) is 3.50. The van der Waals surface area contributed by atoms with Gasteiger partial charge in [-0.15, -0.1) is 0 Å². The van der Waals surface area contributed by atoms with Crippen LogP contribution < -0.4 is 10.9 Å². The van der Waals surface area contributed by atoms with Crippen LogP contribution in [-0.2, 0) is 11.8 Å².